The Bertz CT molecular complexity index is 588. The van der Waals surface area contributed by atoms with Crippen LogP contribution in [0.4, 0.5) is 0 Å². The van der Waals surface area contributed by atoms with Gasteiger partial charge in [-0.2, -0.15) is 0 Å². The molecule has 0 heterocycles. The lowest BCUT2D eigenvalue weighted by molar-refractivity contribution is 0.210. The molecule has 0 atom stereocenters. The standard InChI is InChI=1S/C17H19BrO3/c1-12-10-14(18)11-13(2)17(12)21-9-8-20-16-7-5-4-6-15(16)19-3/h4-7,10-11H,8-9H2,1-3H3. The predicted molar refractivity (Wildman–Crippen MR) is 87.6 cm³/mol. The lowest BCUT2D eigenvalue weighted by Crippen LogP contribution is -2.10. The zero-order valence-electron chi connectivity index (χ0n) is 12.5. The van der Waals surface area contributed by atoms with E-state index in [1.54, 1.807) is 7.11 Å². The van der Waals surface area contributed by atoms with Gasteiger partial charge < -0.3 is 14.2 Å². The summed E-state index contributed by atoms with van der Waals surface area (Å²) < 4.78 is 17.8. The minimum atomic E-state index is 0.468. The average Bonchev–Trinajstić information content (AvgIpc) is 2.45. The van der Waals surface area contributed by atoms with Crippen LogP contribution < -0.4 is 14.2 Å². The third-order valence-corrected chi connectivity index (χ3v) is 3.54. The van der Waals surface area contributed by atoms with Crippen LogP contribution in [0.15, 0.2) is 40.9 Å². The van der Waals surface area contributed by atoms with E-state index >= 15 is 0 Å². The minimum Gasteiger partial charge on any atom is -0.493 e. The molecule has 0 radical (unpaired) electrons. The van der Waals surface area contributed by atoms with Crippen molar-refractivity contribution >= 4 is 15.9 Å². The van der Waals surface area contributed by atoms with Crippen LogP contribution in [0.1, 0.15) is 11.1 Å². The Kier molecular flexibility index (Phi) is 5.51. The first kappa shape index (κ1) is 15.7. The number of ether oxygens (including phenoxy) is 3. The Balaban J connectivity index is 1.91. The SMILES string of the molecule is COc1ccccc1OCCOc1c(C)cc(Br)cc1C. The second-order valence-corrected chi connectivity index (χ2v) is 5.63. The van der Waals surface area contributed by atoms with Crippen LogP contribution in [-0.2, 0) is 0 Å². The van der Waals surface area contributed by atoms with Crippen molar-refractivity contribution in [1.82, 2.24) is 0 Å². The van der Waals surface area contributed by atoms with Gasteiger partial charge in [0.1, 0.15) is 19.0 Å². The highest BCUT2D eigenvalue weighted by molar-refractivity contribution is 9.10. The molecule has 112 valence electrons. The summed E-state index contributed by atoms with van der Waals surface area (Å²) in [6.45, 7) is 5.03. The van der Waals surface area contributed by atoms with Gasteiger partial charge in [-0.1, -0.05) is 28.1 Å². The Hall–Kier alpha value is -1.68. The van der Waals surface area contributed by atoms with Crippen LogP contribution in [0, 0.1) is 13.8 Å². The third kappa shape index (κ3) is 4.14. The fraction of sp³-hybridized carbons (Fsp3) is 0.294. The fourth-order valence-electron chi connectivity index (χ4n) is 2.16. The van der Waals surface area contributed by atoms with E-state index in [1.807, 2.05) is 50.2 Å². The number of rotatable bonds is 6. The van der Waals surface area contributed by atoms with Gasteiger partial charge in [0.25, 0.3) is 0 Å². The summed E-state index contributed by atoms with van der Waals surface area (Å²) >= 11 is 3.48. The van der Waals surface area contributed by atoms with Gasteiger partial charge >= 0.3 is 0 Å². The maximum Gasteiger partial charge on any atom is 0.161 e. The molecule has 0 fully saturated rings. The van der Waals surface area contributed by atoms with E-state index in [0.717, 1.165) is 32.8 Å². The van der Waals surface area contributed by atoms with E-state index in [0.29, 0.717) is 13.2 Å². The first-order chi connectivity index (χ1) is 10.1. The second kappa shape index (κ2) is 7.36. The topological polar surface area (TPSA) is 27.7 Å². The van der Waals surface area contributed by atoms with E-state index in [-0.39, 0.29) is 0 Å². The summed E-state index contributed by atoms with van der Waals surface area (Å²) in [6.07, 6.45) is 0. The minimum absolute atomic E-state index is 0.468. The van der Waals surface area contributed by atoms with E-state index in [4.69, 9.17) is 14.2 Å². The zero-order valence-corrected chi connectivity index (χ0v) is 14.1. The number of hydrogen-bond acceptors (Lipinski definition) is 3. The van der Waals surface area contributed by atoms with E-state index in [9.17, 15) is 0 Å². The summed E-state index contributed by atoms with van der Waals surface area (Å²) in [7, 11) is 1.63. The molecule has 0 unspecified atom stereocenters. The van der Waals surface area contributed by atoms with Gasteiger partial charge in [-0.05, 0) is 49.2 Å². The highest BCUT2D eigenvalue weighted by Crippen LogP contribution is 2.28. The van der Waals surface area contributed by atoms with Crippen molar-refractivity contribution in [3.8, 4) is 17.2 Å². The van der Waals surface area contributed by atoms with Crippen LogP contribution in [0.5, 0.6) is 17.2 Å². The summed E-state index contributed by atoms with van der Waals surface area (Å²) in [4.78, 5) is 0. The third-order valence-electron chi connectivity index (χ3n) is 3.08. The number of aryl methyl sites for hydroxylation is 2. The number of para-hydroxylation sites is 2. The monoisotopic (exact) mass is 350 g/mol. The van der Waals surface area contributed by atoms with Gasteiger partial charge in [-0.15, -0.1) is 0 Å². The summed E-state index contributed by atoms with van der Waals surface area (Å²) in [5.41, 5.74) is 2.22. The molecule has 0 amide bonds. The van der Waals surface area contributed by atoms with Crippen LogP contribution in [0.3, 0.4) is 0 Å². The van der Waals surface area contributed by atoms with Gasteiger partial charge in [-0.25, -0.2) is 0 Å². The van der Waals surface area contributed by atoms with E-state index in [1.165, 1.54) is 0 Å². The molecule has 2 rings (SSSR count). The van der Waals surface area contributed by atoms with Crippen molar-refractivity contribution in [2.24, 2.45) is 0 Å². The molecule has 0 aliphatic heterocycles. The molecule has 0 spiro atoms. The van der Waals surface area contributed by atoms with Crippen molar-refractivity contribution in [3.63, 3.8) is 0 Å². The fourth-order valence-corrected chi connectivity index (χ4v) is 2.85. The quantitative estimate of drug-likeness (QED) is 0.716. The van der Waals surface area contributed by atoms with Crippen LogP contribution in [0.25, 0.3) is 0 Å². The second-order valence-electron chi connectivity index (χ2n) is 4.72. The van der Waals surface area contributed by atoms with Crippen molar-refractivity contribution in [1.29, 1.82) is 0 Å². The number of methoxy groups -OCH3 is 1. The molecular weight excluding hydrogens is 332 g/mol. The van der Waals surface area contributed by atoms with Gasteiger partial charge in [0, 0.05) is 4.47 Å². The Morgan fingerprint density at radius 3 is 2.10 bits per heavy atom. The first-order valence-electron chi connectivity index (χ1n) is 6.77. The number of benzene rings is 2. The zero-order chi connectivity index (χ0) is 15.2. The van der Waals surface area contributed by atoms with Crippen molar-refractivity contribution in [2.45, 2.75) is 13.8 Å². The van der Waals surface area contributed by atoms with Gasteiger partial charge in [0.2, 0.25) is 0 Å². The molecule has 0 saturated carbocycles. The number of halogens is 1. The van der Waals surface area contributed by atoms with E-state index in [2.05, 4.69) is 15.9 Å². The highest BCUT2D eigenvalue weighted by Gasteiger charge is 2.06. The molecule has 0 aliphatic carbocycles. The molecule has 21 heavy (non-hydrogen) atoms. The molecular formula is C17H19BrO3. The smallest absolute Gasteiger partial charge is 0.161 e. The molecule has 2 aromatic rings. The first-order valence-corrected chi connectivity index (χ1v) is 7.56. The van der Waals surface area contributed by atoms with Crippen LogP contribution in [-0.4, -0.2) is 20.3 Å². The summed E-state index contributed by atoms with van der Waals surface area (Å²) in [5.74, 6) is 2.38. The molecule has 2 aromatic carbocycles. The molecule has 0 saturated heterocycles. The molecule has 0 aliphatic rings. The van der Waals surface area contributed by atoms with Crippen molar-refractivity contribution in [3.05, 3.63) is 52.0 Å². The molecule has 4 heteroatoms. The van der Waals surface area contributed by atoms with Gasteiger partial charge in [0.15, 0.2) is 11.5 Å². The Morgan fingerprint density at radius 1 is 0.905 bits per heavy atom. The maximum absolute atomic E-state index is 5.83. The molecule has 0 aromatic heterocycles. The van der Waals surface area contributed by atoms with Gasteiger partial charge in [0.05, 0.1) is 7.11 Å². The van der Waals surface area contributed by atoms with Crippen LogP contribution >= 0.6 is 15.9 Å². The lowest BCUT2D eigenvalue weighted by Gasteiger charge is -2.14. The molecule has 0 bridgehead atoms. The Morgan fingerprint density at radius 2 is 1.48 bits per heavy atom. The normalized spacial score (nSPS) is 10.3. The van der Waals surface area contributed by atoms with Crippen LogP contribution in [0.2, 0.25) is 0 Å². The molecule has 3 nitrogen and oxygen atoms in total. The predicted octanol–water partition coefficient (Wildman–Crippen LogP) is 4.53. The summed E-state index contributed by atoms with van der Waals surface area (Å²) in [6, 6.07) is 11.7. The molecule has 0 N–H and O–H groups in total. The van der Waals surface area contributed by atoms with Crippen molar-refractivity contribution in [2.75, 3.05) is 20.3 Å². The summed E-state index contributed by atoms with van der Waals surface area (Å²) in [5, 5.41) is 0. The number of hydrogen-bond donors (Lipinski definition) is 0. The van der Waals surface area contributed by atoms with Crippen molar-refractivity contribution < 1.29 is 14.2 Å². The lowest BCUT2D eigenvalue weighted by atomic mass is 10.1. The van der Waals surface area contributed by atoms with E-state index < -0.39 is 0 Å². The Labute approximate surface area is 134 Å². The maximum atomic E-state index is 5.83. The highest BCUT2D eigenvalue weighted by atomic mass is 79.9. The average molecular weight is 351 g/mol. The largest absolute Gasteiger partial charge is 0.493 e. The van der Waals surface area contributed by atoms with Gasteiger partial charge in [-0.3, -0.25) is 0 Å².